The van der Waals surface area contributed by atoms with Crippen LogP contribution in [-0.4, -0.2) is 47.8 Å². The second-order valence-corrected chi connectivity index (χ2v) is 5.50. The van der Waals surface area contributed by atoms with Crippen molar-refractivity contribution in [3.05, 3.63) is 11.4 Å². The van der Waals surface area contributed by atoms with Gasteiger partial charge < -0.3 is 26.6 Å². The van der Waals surface area contributed by atoms with E-state index < -0.39 is 12.1 Å². The Bertz CT molecular complexity index is 412. The molecule has 1 heterocycles. The minimum absolute atomic E-state index is 0.0861. The van der Waals surface area contributed by atoms with Gasteiger partial charge in [-0.1, -0.05) is 13.3 Å². The summed E-state index contributed by atoms with van der Waals surface area (Å²) in [5, 5.41) is 11.6. The van der Waals surface area contributed by atoms with Gasteiger partial charge in [0.1, 0.15) is 17.4 Å². The molecule has 0 bridgehead atoms. The van der Waals surface area contributed by atoms with Crippen LogP contribution in [0.15, 0.2) is 16.4 Å². The van der Waals surface area contributed by atoms with Gasteiger partial charge in [0.15, 0.2) is 0 Å². The lowest BCUT2D eigenvalue weighted by atomic mass is 10.1. The third kappa shape index (κ3) is 4.39. The first-order valence-electron chi connectivity index (χ1n) is 6.43. The molecule has 2 unspecified atom stereocenters. The molecule has 0 spiro atoms. The summed E-state index contributed by atoms with van der Waals surface area (Å²) < 4.78 is 5.40. The summed E-state index contributed by atoms with van der Waals surface area (Å²) in [6, 6.07) is 0. The van der Waals surface area contributed by atoms with Crippen LogP contribution in [0.4, 0.5) is 0 Å². The van der Waals surface area contributed by atoms with Crippen LogP contribution in [0.5, 0.6) is 0 Å². The smallest absolute Gasteiger partial charge is 0.273 e. The van der Waals surface area contributed by atoms with E-state index in [0.29, 0.717) is 17.9 Å². The summed E-state index contributed by atoms with van der Waals surface area (Å²) >= 11 is 1.44. The second kappa shape index (κ2) is 8.13. The van der Waals surface area contributed by atoms with Gasteiger partial charge in [0, 0.05) is 18.5 Å². The fourth-order valence-corrected chi connectivity index (χ4v) is 2.61. The molecule has 0 aromatic carbocycles. The number of nitrogens with one attached hydrogen (secondary N) is 1. The molecule has 114 valence electrons. The van der Waals surface area contributed by atoms with Crippen molar-refractivity contribution in [3.63, 3.8) is 0 Å². The van der Waals surface area contributed by atoms with Crippen LogP contribution in [0.2, 0.25) is 0 Å². The first-order chi connectivity index (χ1) is 9.53. The van der Waals surface area contributed by atoms with Crippen molar-refractivity contribution >= 4 is 23.4 Å². The summed E-state index contributed by atoms with van der Waals surface area (Å²) in [5.41, 5.74) is 12.1. The van der Waals surface area contributed by atoms with Crippen molar-refractivity contribution in [2.45, 2.75) is 31.4 Å². The van der Waals surface area contributed by atoms with Crippen LogP contribution in [-0.2, 0) is 9.53 Å². The molecule has 1 amide bonds. The zero-order valence-electron chi connectivity index (χ0n) is 11.8. The largest absolute Gasteiger partial charge is 0.400 e. The molecule has 2 atom stereocenters. The number of aliphatic imine (C=N–C) groups is 1. The summed E-state index contributed by atoms with van der Waals surface area (Å²) in [5.74, 6) is 0.149. The number of aliphatic hydroxyl groups excluding tert-OH is 1. The Kier molecular flexibility index (Phi) is 6.83. The topological polar surface area (TPSA) is 123 Å². The van der Waals surface area contributed by atoms with E-state index in [1.165, 1.54) is 18.8 Å². The standard InChI is InChI=1S/C12H22N4O3S/c1-3-4-7(13)10(14)11(15-2)12(18)16-8-6-20-9(5-17)19-8/h8-9,17H,3-6,13-14H2,1-2H3,(H,16,18). The highest BCUT2D eigenvalue weighted by Gasteiger charge is 2.28. The predicted octanol–water partition coefficient (Wildman–Crippen LogP) is -0.490. The van der Waals surface area contributed by atoms with Gasteiger partial charge in [-0.2, -0.15) is 0 Å². The van der Waals surface area contributed by atoms with Crippen molar-refractivity contribution in [2.24, 2.45) is 16.5 Å². The highest BCUT2D eigenvalue weighted by molar-refractivity contribution is 8.00. The zero-order chi connectivity index (χ0) is 15.1. The van der Waals surface area contributed by atoms with E-state index in [1.807, 2.05) is 6.92 Å². The number of hydrogen-bond acceptors (Lipinski definition) is 7. The fraction of sp³-hybridized carbons (Fsp3) is 0.667. The van der Waals surface area contributed by atoms with Crippen LogP contribution < -0.4 is 16.8 Å². The SMILES string of the molecule is CCCC(N)=C(N)C(=NC)C(=O)NC1CSC(CO)O1. The lowest BCUT2D eigenvalue weighted by Crippen LogP contribution is -2.43. The first kappa shape index (κ1) is 16.8. The molecule has 1 saturated heterocycles. The number of aliphatic hydroxyl groups is 1. The van der Waals surface area contributed by atoms with Gasteiger partial charge in [-0.3, -0.25) is 9.79 Å². The van der Waals surface area contributed by atoms with Crippen LogP contribution >= 0.6 is 11.8 Å². The number of hydrogen-bond donors (Lipinski definition) is 4. The molecule has 0 saturated carbocycles. The monoisotopic (exact) mass is 302 g/mol. The number of amides is 1. The Balaban J connectivity index is 2.67. The quantitative estimate of drug-likeness (QED) is 0.491. The van der Waals surface area contributed by atoms with Crippen LogP contribution in [0.1, 0.15) is 19.8 Å². The third-order valence-corrected chi connectivity index (χ3v) is 3.88. The van der Waals surface area contributed by atoms with Crippen LogP contribution in [0.25, 0.3) is 0 Å². The van der Waals surface area contributed by atoms with Gasteiger partial charge in [-0.05, 0) is 6.42 Å². The summed E-state index contributed by atoms with van der Waals surface area (Å²) in [6.45, 7) is 1.89. The third-order valence-electron chi connectivity index (χ3n) is 2.75. The molecule has 1 aliphatic heterocycles. The maximum Gasteiger partial charge on any atom is 0.273 e. The zero-order valence-corrected chi connectivity index (χ0v) is 12.6. The van der Waals surface area contributed by atoms with E-state index in [4.69, 9.17) is 21.3 Å². The Morgan fingerprint density at radius 1 is 1.55 bits per heavy atom. The molecule has 6 N–H and O–H groups in total. The highest BCUT2D eigenvalue weighted by Crippen LogP contribution is 2.23. The van der Waals surface area contributed by atoms with Gasteiger partial charge in [-0.15, -0.1) is 11.8 Å². The molecule has 0 aromatic rings. The number of thioether (sulfide) groups is 1. The summed E-state index contributed by atoms with van der Waals surface area (Å²) in [7, 11) is 1.49. The molecule has 1 fully saturated rings. The van der Waals surface area contributed by atoms with E-state index in [1.54, 1.807) is 0 Å². The van der Waals surface area contributed by atoms with Gasteiger partial charge in [0.25, 0.3) is 5.91 Å². The van der Waals surface area contributed by atoms with Gasteiger partial charge in [0.2, 0.25) is 0 Å². The van der Waals surface area contributed by atoms with Crippen LogP contribution in [0.3, 0.4) is 0 Å². The molecule has 1 rings (SSSR count). The van der Waals surface area contributed by atoms with Crippen molar-refractivity contribution < 1.29 is 14.6 Å². The summed E-state index contributed by atoms with van der Waals surface area (Å²) in [6.07, 6.45) is 0.994. The number of nitrogens with zero attached hydrogens (tertiary/aromatic N) is 1. The van der Waals surface area contributed by atoms with Crippen molar-refractivity contribution in [1.29, 1.82) is 0 Å². The highest BCUT2D eigenvalue weighted by atomic mass is 32.2. The molecular formula is C12H22N4O3S. The first-order valence-corrected chi connectivity index (χ1v) is 7.48. The normalized spacial score (nSPS) is 24.4. The molecule has 0 aliphatic carbocycles. The van der Waals surface area contributed by atoms with E-state index >= 15 is 0 Å². The average molecular weight is 302 g/mol. The molecule has 1 aliphatic rings. The Morgan fingerprint density at radius 2 is 2.25 bits per heavy atom. The number of carbonyl (C=O) groups is 1. The number of nitrogens with two attached hydrogens (primary N) is 2. The van der Waals surface area contributed by atoms with E-state index in [0.717, 1.165) is 6.42 Å². The Hall–Kier alpha value is -1.25. The molecular weight excluding hydrogens is 280 g/mol. The fourth-order valence-electron chi connectivity index (χ4n) is 1.74. The van der Waals surface area contributed by atoms with Gasteiger partial charge in [0.05, 0.1) is 12.3 Å². The molecule has 7 nitrogen and oxygen atoms in total. The minimum Gasteiger partial charge on any atom is -0.400 e. The molecule has 8 heteroatoms. The Morgan fingerprint density at radius 3 is 2.75 bits per heavy atom. The average Bonchev–Trinajstić information content (AvgIpc) is 2.87. The van der Waals surface area contributed by atoms with Crippen molar-refractivity contribution in [3.8, 4) is 0 Å². The van der Waals surface area contributed by atoms with Gasteiger partial charge in [-0.25, -0.2) is 0 Å². The molecule has 0 radical (unpaired) electrons. The number of allylic oxidation sites excluding steroid dienone is 1. The lowest BCUT2D eigenvalue weighted by molar-refractivity contribution is -0.118. The van der Waals surface area contributed by atoms with E-state index in [9.17, 15) is 4.79 Å². The van der Waals surface area contributed by atoms with Crippen molar-refractivity contribution in [1.82, 2.24) is 5.32 Å². The Labute approximate surface area is 122 Å². The maximum absolute atomic E-state index is 12.1. The summed E-state index contributed by atoms with van der Waals surface area (Å²) in [4.78, 5) is 16.0. The van der Waals surface area contributed by atoms with Gasteiger partial charge >= 0.3 is 0 Å². The van der Waals surface area contributed by atoms with E-state index in [2.05, 4.69) is 10.3 Å². The number of ether oxygens (including phenoxy) is 1. The lowest BCUT2D eigenvalue weighted by Gasteiger charge is -2.15. The number of rotatable bonds is 6. The molecule has 0 aromatic heterocycles. The second-order valence-electron chi connectivity index (χ2n) is 4.30. The maximum atomic E-state index is 12.1. The minimum atomic E-state index is -0.457. The van der Waals surface area contributed by atoms with E-state index in [-0.39, 0.29) is 23.5 Å². The van der Waals surface area contributed by atoms with Crippen molar-refractivity contribution in [2.75, 3.05) is 19.4 Å². The van der Waals surface area contributed by atoms with Crippen LogP contribution in [0, 0.1) is 0 Å². The molecule has 20 heavy (non-hydrogen) atoms. The predicted molar refractivity (Wildman–Crippen MR) is 80.0 cm³/mol. The number of carbonyl (C=O) groups excluding carboxylic acids is 1.